The van der Waals surface area contributed by atoms with Crippen LogP contribution in [0.15, 0.2) is 66.1 Å². The van der Waals surface area contributed by atoms with Gasteiger partial charge in [-0.3, -0.25) is 0 Å². The Morgan fingerprint density at radius 3 is 2.17 bits per heavy atom. The molecule has 18 heavy (non-hydrogen) atoms. The van der Waals surface area contributed by atoms with E-state index in [0.717, 1.165) is 0 Å². The molecule has 1 N–H and O–H groups in total. The SMILES string of the molecule is CC1(c2ccccc2)NC(c2ccccc2)=CS1. The van der Waals surface area contributed by atoms with Crippen LogP contribution in [0.1, 0.15) is 18.1 Å². The number of hydrogen-bond acceptors (Lipinski definition) is 2. The molecule has 1 heterocycles. The van der Waals surface area contributed by atoms with Crippen molar-refractivity contribution >= 4 is 17.5 Å². The van der Waals surface area contributed by atoms with Crippen LogP contribution in [0.25, 0.3) is 5.70 Å². The van der Waals surface area contributed by atoms with Crippen LogP contribution in [0.5, 0.6) is 0 Å². The van der Waals surface area contributed by atoms with Gasteiger partial charge in [-0.25, -0.2) is 0 Å². The smallest absolute Gasteiger partial charge is 0.110 e. The van der Waals surface area contributed by atoms with Gasteiger partial charge in [0.2, 0.25) is 0 Å². The minimum atomic E-state index is -0.0631. The second-order valence-corrected chi connectivity index (χ2v) is 5.83. The van der Waals surface area contributed by atoms with Crippen molar-refractivity contribution in [2.45, 2.75) is 11.8 Å². The zero-order chi connectivity index (χ0) is 12.4. The Labute approximate surface area is 112 Å². The first kappa shape index (κ1) is 11.4. The molecule has 0 radical (unpaired) electrons. The molecule has 3 rings (SSSR count). The average Bonchev–Trinajstić information content (AvgIpc) is 2.85. The highest BCUT2D eigenvalue weighted by molar-refractivity contribution is 8.03. The minimum Gasteiger partial charge on any atom is -0.366 e. The summed E-state index contributed by atoms with van der Waals surface area (Å²) in [6.07, 6.45) is 0. The number of hydrogen-bond donors (Lipinski definition) is 1. The third-order valence-electron chi connectivity index (χ3n) is 3.20. The van der Waals surface area contributed by atoms with Crippen LogP contribution in [-0.2, 0) is 4.87 Å². The Balaban J connectivity index is 1.86. The van der Waals surface area contributed by atoms with Gasteiger partial charge in [0.1, 0.15) is 4.87 Å². The summed E-state index contributed by atoms with van der Waals surface area (Å²) in [7, 11) is 0. The van der Waals surface area contributed by atoms with E-state index in [-0.39, 0.29) is 4.87 Å². The van der Waals surface area contributed by atoms with Crippen molar-refractivity contribution < 1.29 is 0 Å². The molecule has 1 aliphatic heterocycles. The summed E-state index contributed by atoms with van der Waals surface area (Å²) in [5.41, 5.74) is 3.74. The van der Waals surface area contributed by atoms with Crippen LogP contribution in [0, 0.1) is 0 Å². The molecule has 0 aliphatic carbocycles. The molecule has 1 aliphatic rings. The van der Waals surface area contributed by atoms with Crippen LogP contribution in [-0.4, -0.2) is 0 Å². The van der Waals surface area contributed by atoms with E-state index in [1.54, 1.807) is 0 Å². The lowest BCUT2D eigenvalue weighted by atomic mass is 10.1. The summed E-state index contributed by atoms with van der Waals surface area (Å²) < 4.78 is 0. The monoisotopic (exact) mass is 253 g/mol. The second kappa shape index (κ2) is 4.54. The predicted octanol–water partition coefficient (Wildman–Crippen LogP) is 4.19. The van der Waals surface area contributed by atoms with Gasteiger partial charge in [0.15, 0.2) is 0 Å². The molecule has 1 atom stereocenters. The average molecular weight is 253 g/mol. The zero-order valence-corrected chi connectivity index (χ0v) is 11.1. The molecule has 2 aromatic rings. The Morgan fingerprint density at radius 1 is 0.889 bits per heavy atom. The molecule has 0 bridgehead atoms. The van der Waals surface area contributed by atoms with Crippen molar-refractivity contribution in [2.75, 3.05) is 0 Å². The molecule has 0 spiro atoms. The highest BCUT2D eigenvalue weighted by Crippen LogP contribution is 2.42. The molecule has 2 aromatic carbocycles. The Hall–Kier alpha value is -1.67. The van der Waals surface area contributed by atoms with E-state index in [4.69, 9.17) is 0 Å². The molecule has 0 saturated carbocycles. The molecule has 0 fully saturated rings. The van der Waals surface area contributed by atoms with Crippen molar-refractivity contribution in [1.29, 1.82) is 0 Å². The number of nitrogens with one attached hydrogen (secondary N) is 1. The van der Waals surface area contributed by atoms with Gasteiger partial charge in [-0.05, 0) is 23.5 Å². The van der Waals surface area contributed by atoms with Crippen LogP contribution in [0.2, 0.25) is 0 Å². The Morgan fingerprint density at radius 2 is 1.50 bits per heavy atom. The Kier molecular flexibility index (Phi) is 2.88. The van der Waals surface area contributed by atoms with Gasteiger partial charge in [0, 0.05) is 5.70 Å². The fourth-order valence-corrected chi connectivity index (χ4v) is 3.14. The number of thioether (sulfide) groups is 1. The van der Waals surface area contributed by atoms with Crippen LogP contribution in [0.3, 0.4) is 0 Å². The van der Waals surface area contributed by atoms with Gasteiger partial charge in [0.25, 0.3) is 0 Å². The van der Waals surface area contributed by atoms with Crippen molar-refractivity contribution in [3.8, 4) is 0 Å². The third-order valence-corrected chi connectivity index (χ3v) is 4.36. The molecule has 0 amide bonds. The molecule has 0 aromatic heterocycles. The first-order valence-corrected chi connectivity index (χ1v) is 6.93. The van der Waals surface area contributed by atoms with Crippen molar-refractivity contribution in [2.24, 2.45) is 0 Å². The standard InChI is InChI=1S/C16H15NS/c1-16(14-10-6-3-7-11-14)17-15(12-18-16)13-8-4-2-5-9-13/h2-12,17H,1H3. The lowest BCUT2D eigenvalue weighted by Gasteiger charge is -2.26. The molecular formula is C16H15NS. The number of benzene rings is 2. The predicted molar refractivity (Wildman–Crippen MR) is 78.9 cm³/mol. The van der Waals surface area contributed by atoms with Gasteiger partial charge in [-0.15, -0.1) is 0 Å². The van der Waals surface area contributed by atoms with Crippen molar-refractivity contribution in [3.05, 3.63) is 77.2 Å². The van der Waals surface area contributed by atoms with Crippen molar-refractivity contribution in [1.82, 2.24) is 5.32 Å². The van der Waals surface area contributed by atoms with Gasteiger partial charge in [-0.1, -0.05) is 72.4 Å². The molecule has 1 nitrogen and oxygen atoms in total. The molecule has 2 heteroatoms. The summed E-state index contributed by atoms with van der Waals surface area (Å²) in [6, 6.07) is 21.0. The maximum absolute atomic E-state index is 3.62. The van der Waals surface area contributed by atoms with E-state index in [9.17, 15) is 0 Å². The normalized spacial score (nSPS) is 22.4. The van der Waals surface area contributed by atoms with Crippen LogP contribution < -0.4 is 5.32 Å². The van der Waals surface area contributed by atoms with Gasteiger partial charge in [0.05, 0.1) is 0 Å². The maximum atomic E-state index is 3.62. The summed E-state index contributed by atoms with van der Waals surface area (Å²) in [5, 5.41) is 5.83. The maximum Gasteiger partial charge on any atom is 0.110 e. The van der Waals surface area contributed by atoms with Gasteiger partial charge >= 0.3 is 0 Å². The first-order valence-electron chi connectivity index (χ1n) is 6.05. The summed E-state index contributed by atoms with van der Waals surface area (Å²) in [5.74, 6) is 0. The summed E-state index contributed by atoms with van der Waals surface area (Å²) in [6.45, 7) is 2.22. The van der Waals surface area contributed by atoms with E-state index in [2.05, 4.69) is 72.2 Å². The van der Waals surface area contributed by atoms with E-state index < -0.39 is 0 Å². The lowest BCUT2D eigenvalue weighted by Crippen LogP contribution is -2.30. The second-order valence-electron chi connectivity index (χ2n) is 4.54. The van der Waals surface area contributed by atoms with Gasteiger partial charge < -0.3 is 5.32 Å². The highest BCUT2D eigenvalue weighted by atomic mass is 32.2. The fourth-order valence-electron chi connectivity index (χ4n) is 2.15. The highest BCUT2D eigenvalue weighted by Gasteiger charge is 2.31. The van der Waals surface area contributed by atoms with Crippen LogP contribution in [0.4, 0.5) is 0 Å². The molecule has 0 saturated heterocycles. The lowest BCUT2D eigenvalue weighted by molar-refractivity contribution is 0.644. The van der Waals surface area contributed by atoms with E-state index >= 15 is 0 Å². The fraction of sp³-hybridized carbons (Fsp3) is 0.125. The van der Waals surface area contributed by atoms with Crippen molar-refractivity contribution in [3.63, 3.8) is 0 Å². The Bertz CT molecular complexity index is 562. The summed E-state index contributed by atoms with van der Waals surface area (Å²) in [4.78, 5) is -0.0631. The zero-order valence-electron chi connectivity index (χ0n) is 10.3. The minimum absolute atomic E-state index is 0.0631. The topological polar surface area (TPSA) is 12.0 Å². The van der Waals surface area contributed by atoms with E-state index in [0.29, 0.717) is 0 Å². The van der Waals surface area contributed by atoms with E-state index in [1.807, 2.05) is 17.8 Å². The van der Waals surface area contributed by atoms with Gasteiger partial charge in [-0.2, -0.15) is 0 Å². The molecule has 90 valence electrons. The molecular weight excluding hydrogens is 238 g/mol. The van der Waals surface area contributed by atoms with E-state index in [1.165, 1.54) is 16.8 Å². The summed E-state index contributed by atoms with van der Waals surface area (Å²) >= 11 is 1.83. The third kappa shape index (κ3) is 2.04. The number of rotatable bonds is 2. The van der Waals surface area contributed by atoms with Crippen LogP contribution >= 0.6 is 11.8 Å². The molecule has 1 unspecified atom stereocenters. The quantitative estimate of drug-likeness (QED) is 0.861. The first-order chi connectivity index (χ1) is 8.78. The largest absolute Gasteiger partial charge is 0.366 e.